The first-order valence-electron chi connectivity index (χ1n) is 3.72. The molecule has 14 heavy (non-hydrogen) atoms. The zero-order chi connectivity index (χ0) is 10.8. The molecule has 0 fully saturated rings. The Morgan fingerprint density at radius 2 is 1.86 bits per heavy atom. The van der Waals surface area contributed by atoms with Gasteiger partial charge in [0, 0.05) is 5.56 Å². The summed E-state index contributed by atoms with van der Waals surface area (Å²) in [6, 6.07) is 4.81. The van der Waals surface area contributed by atoms with Crippen molar-refractivity contribution in [2.75, 3.05) is 4.43 Å². The van der Waals surface area contributed by atoms with E-state index in [2.05, 4.69) is 0 Å². The summed E-state index contributed by atoms with van der Waals surface area (Å²) < 4.78 is 37.2. The molecule has 0 aliphatic carbocycles. The summed E-state index contributed by atoms with van der Waals surface area (Å²) in [5, 5.41) is 0. The van der Waals surface area contributed by atoms with Gasteiger partial charge in [-0.25, -0.2) is 0 Å². The molecule has 1 aromatic rings. The summed E-state index contributed by atoms with van der Waals surface area (Å²) in [4.78, 5) is 11.2. The molecule has 0 unspecified atom stereocenters. The van der Waals surface area contributed by atoms with Crippen molar-refractivity contribution in [3.05, 3.63) is 35.4 Å². The van der Waals surface area contributed by atoms with E-state index in [1.54, 1.807) is 22.6 Å². The van der Waals surface area contributed by atoms with Crippen molar-refractivity contribution < 1.29 is 18.0 Å². The lowest BCUT2D eigenvalue weighted by atomic mass is 10.0. The van der Waals surface area contributed by atoms with Crippen molar-refractivity contribution in [3.8, 4) is 0 Å². The minimum Gasteiger partial charge on any atom is -0.293 e. The van der Waals surface area contributed by atoms with E-state index < -0.39 is 17.5 Å². The van der Waals surface area contributed by atoms with Crippen molar-refractivity contribution in [3.63, 3.8) is 0 Å². The number of benzene rings is 1. The number of hydrogen-bond donors (Lipinski definition) is 0. The quantitative estimate of drug-likeness (QED) is 0.465. The molecule has 76 valence electrons. The third-order valence-corrected chi connectivity index (χ3v) is 2.35. The topological polar surface area (TPSA) is 17.1 Å². The molecule has 0 saturated heterocycles. The smallest absolute Gasteiger partial charge is 0.293 e. The van der Waals surface area contributed by atoms with Gasteiger partial charge >= 0.3 is 6.18 Å². The van der Waals surface area contributed by atoms with Gasteiger partial charge in [-0.1, -0.05) is 40.8 Å². The molecule has 1 nitrogen and oxygen atoms in total. The van der Waals surface area contributed by atoms with Crippen molar-refractivity contribution in [1.82, 2.24) is 0 Å². The highest BCUT2D eigenvalue weighted by Gasteiger charge is 2.34. The summed E-state index contributed by atoms with van der Waals surface area (Å²) in [5.74, 6) is -0.501. The van der Waals surface area contributed by atoms with Crippen molar-refractivity contribution >= 4 is 28.4 Å². The maximum absolute atomic E-state index is 12.4. The highest BCUT2D eigenvalue weighted by Crippen LogP contribution is 2.32. The predicted molar refractivity (Wildman–Crippen MR) is 54.7 cm³/mol. The maximum Gasteiger partial charge on any atom is 0.417 e. The van der Waals surface area contributed by atoms with Gasteiger partial charge in [-0.05, 0) is 6.07 Å². The fraction of sp³-hybridized carbons (Fsp3) is 0.222. The maximum atomic E-state index is 12.4. The van der Waals surface area contributed by atoms with E-state index in [1.165, 1.54) is 18.2 Å². The molecule has 0 bridgehead atoms. The second kappa shape index (κ2) is 4.29. The number of ketones is 1. The molecule has 0 amide bonds. The molecule has 0 radical (unpaired) electrons. The Balaban J connectivity index is 3.23. The van der Waals surface area contributed by atoms with Gasteiger partial charge in [-0.15, -0.1) is 0 Å². The second-order valence-corrected chi connectivity index (χ2v) is 3.36. The van der Waals surface area contributed by atoms with Gasteiger partial charge in [-0.2, -0.15) is 13.2 Å². The third kappa shape index (κ3) is 2.46. The number of rotatable bonds is 2. The van der Waals surface area contributed by atoms with Crippen molar-refractivity contribution in [2.24, 2.45) is 0 Å². The Labute approximate surface area is 92.4 Å². The first-order valence-corrected chi connectivity index (χ1v) is 5.24. The zero-order valence-corrected chi connectivity index (χ0v) is 9.09. The van der Waals surface area contributed by atoms with Gasteiger partial charge in [0.25, 0.3) is 0 Å². The molecule has 0 heterocycles. The summed E-state index contributed by atoms with van der Waals surface area (Å²) in [5.41, 5.74) is -1.11. The highest BCUT2D eigenvalue weighted by atomic mass is 127. The van der Waals surface area contributed by atoms with Gasteiger partial charge in [0.05, 0.1) is 9.99 Å². The predicted octanol–water partition coefficient (Wildman–Crippen LogP) is 3.32. The molecular weight excluding hydrogens is 308 g/mol. The van der Waals surface area contributed by atoms with E-state index in [0.29, 0.717) is 0 Å². The van der Waals surface area contributed by atoms with Crippen LogP contribution in [0.5, 0.6) is 0 Å². The molecule has 0 spiro atoms. The van der Waals surface area contributed by atoms with Crippen LogP contribution < -0.4 is 0 Å². The van der Waals surface area contributed by atoms with E-state index in [0.717, 1.165) is 6.07 Å². The molecular formula is C9H6F3IO. The van der Waals surface area contributed by atoms with Crippen molar-refractivity contribution in [2.45, 2.75) is 6.18 Å². The summed E-state index contributed by atoms with van der Waals surface area (Å²) >= 11 is 1.74. The molecule has 1 rings (SSSR count). The van der Waals surface area contributed by atoms with Crippen LogP contribution in [-0.2, 0) is 6.18 Å². The van der Waals surface area contributed by atoms with E-state index >= 15 is 0 Å². The average Bonchev–Trinajstić information content (AvgIpc) is 2.15. The number of carbonyl (C=O) groups is 1. The third-order valence-electron chi connectivity index (χ3n) is 1.65. The lowest BCUT2D eigenvalue weighted by Crippen LogP contribution is -2.13. The Hall–Kier alpha value is -0.590. The van der Waals surface area contributed by atoms with Gasteiger partial charge in [0.2, 0.25) is 0 Å². The van der Waals surface area contributed by atoms with Crippen LogP contribution in [0.3, 0.4) is 0 Å². The number of alkyl halides is 4. The molecule has 0 aliphatic rings. The fourth-order valence-electron chi connectivity index (χ4n) is 1.05. The Morgan fingerprint density at radius 3 is 2.36 bits per heavy atom. The summed E-state index contributed by atoms with van der Waals surface area (Å²) in [7, 11) is 0. The minimum atomic E-state index is -4.46. The van der Waals surface area contributed by atoms with Crippen molar-refractivity contribution in [1.29, 1.82) is 0 Å². The first kappa shape index (κ1) is 11.5. The minimum absolute atomic E-state index is 0.0465. The monoisotopic (exact) mass is 314 g/mol. The van der Waals surface area contributed by atoms with Crippen LogP contribution in [0.1, 0.15) is 15.9 Å². The van der Waals surface area contributed by atoms with Crippen LogP contribution in [0.15, 0.2) is 24.3 Å². The lowest BCUT2D eigenvalue weighted by Gasteiger charge is -2.10. The average molecular weight is 314 g/mol. The SMILES string of the molecule is O=C(CI)c1ccccc1C(F)(F)F. The Kier molecular flexibility index (Phi) is 3.52. The summed E-state index contributed by atoms with van der Waals surface area (Å²) in [6.07, 6.45) is -4.46. The fourth-order valence-corrected chi connectivity index (χ4v) is 1.46. The molecule has 0 aromatic heterocycles. The normalized spacial score (nSPS) is 11.4. The summed E-state index contributed by atoms with van der Waals surface area (Å²) in [6.45, 7) is 0. The van der Waals surface area contributed by atoms with Gasteiger partial charge in [-0.3, -0.25) is 4.79 Å². The second-order valence-electron chi connectivity index (χ2n) is 2.60. The molecule has 0 N–H and O–H groups in total. The van der Waals surface area contributed by atoms with Crippen LogP contribution in [-0.4, -0.2) is 10.2 Å². The van der Waals surface area contributed by atoms with Gasteiger partial charge in [0.15, 0.2) is 5.78 Å². The largest absolute Gasteiger partial charge is 0.417 e. The Morgan fingerprint density at radius 1 is 1.29 bits per heavy atom. The number of carbonyl (C=O) groups excluding carboxylic acids is 1. The van der Waals surface area contributed by atoms with E-state index in [9.17, 15) is 18.0 Å². The van der Waals surface area contributed by atoms with E-state index in [4.69, 9.17) is 0 Å². The van der Waals surface area contributed by atoms with Gasteiger partial charge < -0.3 is 0 Å². The molecule has 5 heteroatoms. The Bertz CT molecular complexity index is 346. The van der Waals surface area contributed by atoms with Gasteiger partial charge in [0.1, 0.15) is 0 Å². The zero-order valence-electron chi connectivity index (χ0n) is 6.94. The molecule has 1 aromatic carbocycles. The van der Waals surface area contributed by atoms with Crippen LogP contribution in [0.2, 0.25) is 0 Å². The lowest BCUT2D eigenvalue weighted by molar-refractivity contribution is -0.137. The first-order chi connectivity index (χ1) is 6.46. The van der Waals surface area contributed by atoms with Crippen LogP contribution in [0.25, 0.3) is 0 Å². The van der Waals surface area contributed by atoms with Crippen LogP contribution in [0.4, 0.5) is 13.2 Å². The van der Waals surface area contributed by atoms with E-state index in [-0.39, 0.29) is 9.99 Å². The number of Topliss-reactive ketones (excluding diaryl/α,β-unsaturated/α-hetero) is 1. The molecule has 0 atom stereocenters. The number of halogens is 4. The molecule has 0 saturated carbocycles. The standard InChI is InChI=1S/C9H6F3IO/c10-9(11,12)7-4-2-1-3-6(7)8(14)5-13/h1-4H,5H2. The van der Waals surface area contributed by atoms with E-state index in [1.807, 2.05) is 0 Å². The molecule has 0 aliphatic heterocycles. The van der Waals surface area contributed by atoms with Crippen LogP contribution in [0, 0.1) is 0 Å². The number of hydrogen-bond acceptors (Lipinski definition) is 1. The van der Waals surface area contributed by atoms with Crippen LogP contribution >= 0.6 is 22.6 Å². The highest BCUT2D eigenvalue weighted by molar-refractivity contribution is 14.1.